The summed E-state index contributed by atoms with van der Waals surface area (Å²) in [5, 5.41) is 0. The maximum absolute atomic E-state index is 12.5. The Kier molecular flexibility index (Phi) is 6.49. The molecule has 1 aromatic rings. The quantitative estimate of drug-likeness (QED) is 0.517. The Morgan fingerprint density at radius 2 is 1.68 bits per heavy atom. The predicted molar refractivity (Wildman–Crippen MR) is 113 cm³/mol. The third kappa shape index (κ3) is 4.70. The van der Waals surface area contributed by atoms with Gasteiger partial charge in [-0.2, -0.15) is 0 Å². The summed E-state index contributed by atoms with van der Waals surface area (Å²) in [5.41, 5.74) is 2.37. The van der Waals surface area contributed by atoms with Crippen molar-refractivity contribution in [3.8, 4) is 0 Å². The van der Waals surface area contributed by atoms with Gasteiger partial charge in [0.25, 0.3) is 5.91 Å². The summed E-state index contributed by atoms with van der Waals surface area (Å²) >= 11 is 0. The average Bonchev–Trinajstić information content (AvgIpc) is 3.06. The molecule has 4 rings (SSSR count). The van der Waals surface area contributed by atoms with Crippen molar-refractivity contribution in [2.45, 2.75) is 38.5 Å². The SMILES string of the molecule is O=C(CCN1C(=O)[C@@H]2CCCC[C@H]2C1=O)OCC(=O)N1CC=C(c2ccccc2)CC1. The second-order valence-electron chi connectivity index (χ2n) is 8.42. The second-order valence-corrected chi connectivity index (χ2v) is 8.42. The first-order chi connectivity index (χ1) is 15.0. The molecule has 2 aliphatic heterocycles. The van der Waals surface area contributed by atoms with Gasteiger partial charge in [-0.1, -0.05) is 49.2 Å². The van der Waals surface area contributed by atoms with E-state index in [0.717, 1.165) is 37.7 Å². The number of esters is 1. The summed E-state index contributed by atoms with van der Waals surface area (Å²) in [6, 6.07) is 10.1. The minimum absolute atomic E-state index is 0.0323. The van der Waals surface area contributed by atoms with Gasteiger partial charge in [-0.25, -0.2) is 0 Å². The number of nitrogens with zero attached hydrogens (tertiary/aromatic N) is 2. The Hall–Kier alpha value is -2.96. The van der Waals surface area contributed by atoms with Crippen LogP contribution in [0.5, 0.6) is 0 Å². The second kappa shape index (κ2) is 9.45. The molecule has 1 saturated heterocycles. The molecule has 0 unspecified atom stereocenters. The summed E-state index contributed by atoms with van der Waals surface area (Å²) in [7, 11) is 0. The first kappa shape index (κ1) is 21.3. The number of amides is 3. The van der Waals surface area contributed by atoms with Crippen molar-refractivity contribution in [1.82, 2.24) is 9.80 Å². The van der Waals surface area contributed by atoms with Crippen molar-refractivity contribution in [2.75, 3.05) is 26.2 Å². The van der Waals surface area contributed by atoms with Gasteiger partial charge in [0.05, 0.1) is 18.3 Å². The van der Waals surface area contributed by atoms with Crippen LogP contribution < -0.4 is 0 Å². The van der Waals surface area contributed by atoms with Gasteiger partial charge in [0.1, 0.15) is 0 Å². The number of hydrogen-bond acceptors (Lipinski definition) is 5. The van der Waals surface area contributed by atoms with Crippen LogP contribution in [0, 0.1) is 11.8 Å². The summed E-state index contributed by atoms with van der Waals surface area (Å²) in [6.45, 7) is 0.780. The number of likely N-dealkylation sites (tertiary alicyclic amines) is 1. The fourth-order valence-electron chi connectivity index (χ4n) is 4.77. The van der Waals surface area contributed by atoms with Crippen molar-refractivity contribution >= 4 is 29.3 Å². The zero-order valence-corrected chi connectivity index (χ0v) is 17.6. The zero-order valence-electron chi connectivity index (χ0n) is 17.6. The van der Waals surface area contributed by atoms with Crippen LogP contribution in [0.2, 0.25) is 0 Å². The highest BCUT2D eigenvalue weighted by molar-refractivity contribution is 6.05. The molecule has 1 aromatic carbocycles. The summed E-state index contributed by atoms with van der Waals surface area (Å²) in [5.74, 6) is -1.56. The van der Waals surface area contributed by atoms with Crippen LogP contribution in [-0.2, 0) is 23.9 Å². The molecular weight excluding hydrogens is 396 g/mol. The highest BCUT2D eigenvalue weighted by atomic mass is 16.5. The van der Waals surface area contributed by atoms with E-state index in [1.54, 1.807) is 4.90 Å². The molecule has 2 heterocycles. The third-order valence-electron chi connectivity index (χ3n) is 6.53. The predicted octanol–water partition coefficient (Wildman–Crippen LogP) is 2.41. The molecule has 1 aliphatic carbocycles. The van der Waals surface area contributed by atoms with Gasteiger partial charge < -0.3 is 9.64 Å². The first-order valence-corrected chi connectivity index (χ1v) is 11.1. The minimum atomic E-state index is -0.568. The summed E-state index contributed by atoms with van der Waals surface area (Å²) < 4.78 is 5.12. The molecule has 3 amide bonds. The molecule has 2 atom stereocenters. The van der Waals surface area contributed by atoms with Gasteiger partial charge in [0.2, 0.25) is 11.8 Å². The van der Waals surface area contributed by atoms with Crippen LogP contribution in [0.15, 0.2) is 36.4 Å². The number of imide groups is 1. The van der Waals surface area contributed by atoms with E-state index in [0.29, 0.717) is 13.1 Å². The standard InChI is InChI=1S/C24H28N2O5/c27-21(25-13-10-18(11-14-25)17-6-2-1-3-7-17)16-31-22(28)12-15-26-23(29)19-8-4-5-9-20(19)24(26)30/h1-3,6-7,10,19-20H,4-5,8-9,11-16H2/t19-,20-/m1/s1. The van der Waals surface area contributed by atoms with Crippen molar-refractivity contribution in [3.05, 3.63) is 42.0 Å². The number of hydrogen-bond donors (Lipinski definition) is 0. The van der Waals surface area contributed by atoms with E-state index in [9.17, 15) is 19.2 Å². The fraction of sp³-hybridized carbons (Fsp3) is 0.500. The highest BCUT2D eigenvalue weighted by Gasteiger charge is 2.47. The van der Waals surface area contributed by atoms with Crippen molar-refractivity contribution < 1.29 is 23.9 Å². The van der Waals surface area contributed by atoms with Gasteiger partial charge in [-0.3, -0.25) is 24.1 Å². The molecule has 0 spiro atoms. The summed E-state index contributed by atoms with van der Waals surface area (Å²) in [4.78, 5) is 52.3. The molecule has 0 aromatic heterocycles. The summed E-state index contributed by atoms with van der Waals surface area (Å²) in [6.07, 6.45) is 6.14. The number of benzene rings is 1. The van der Waals surface area contributed by atoms with Gasteiger partial charge in [-0.15, -0.1) is 0 Å². The van der Waals surface area contributed by atoms with E-state index in [-0.39, 0.29) is 49.1 Å². The van der Waals surface area contributed by atoms with Crippen LogP contribution in [-0.4, -0.2) is 59.7 Å². The van der Waals surface area contributed by atoms with E-state index in [2.05, 4.69) is 12.1 Å². The van der Waals surface area contributed by atoms with Crippen LogP contribution in [0.25, 0.3) is 5.57 Å². The lowest BCUT2D eigenvalue weighted by molar-refractivity contribution is -0.152. The number of fused-ring (bicyclic) bond motifs is 1. The minimum Gasteiger partial charge on any atom is -0.456 e. The molecule has 31 heavy (non-hydrogen) atoms. The lowest BCUT2D eigenvalue weighted by atomic mass is 9.81. The van der Waals surface area contributed by atoms with Crippen molar-refractivity contribution in [3.63, 3.8) is 0 Å². The Morgan fingerprint density at radius 1 is 1.00 bits per heavy atom. The number of carbonyl (C=O) groups excluding carboxylic acids is 4. The topological polar surface area (TPSA) is 84.0 Å². The first-order valence-electron chi connectivity index (χ1n) is 11.1. The Morgan fingerprint density at radius 3 is 2.29 bits per heavy atom. The van der Waals surface area contributed by atoms with Crippen LogP contribution in [0.4, 0.5) is 0 Å². The molecule has 2 fully saturated rings. The normalized spacial score (nSPS) is 23.4. The maximum Gasteiger partial charge on any atom is 0.308 e. The van der Waals surface area contributed by atoms with Gasteiger partial charge in [0, 0.05) is 19.6 Å². The van der Waals surface area contributed by atoms with Gasteiger partial charge in [0.15, 0.2) is 6.61 Å². The van der Waals surface area contributed by atoms with Gasteiger partial charge in [-0.05, 0) is 30.4 Å². The zero-order chi connectivity index (χ0) is 21.8. The van der Waals surface area contributed by atoms with Crippen molar-refractivity contribution in [1.29, 1.82) is 0 Å². The van der Waals surface area contributed by atoms with E-state index < -0.39 is 5.97 Å². The van der Waals surface area contributed by atoms with E-state index >= 15 is 0 Å². The maximum atomic E-state index is 12.5. The largest absolute Gasteiger partial charge is 0.456 e. The molecule has 3 aliphatic rings. The molecule has 164 valence electrons. The molecule has 7 heteroatoms. The van der Waals surface area contributed by atoms with E-state index in [1.807, 2.05) is 24.3 Å². The smallest absolute Gasteiger partial charge is 0.308 e. The van der Waals surface area contributed by atoms with Crippen LogP contribution in [0.3, 0.4) is 0 Å². The molecule has 0 radical (unpaired) electrons. The van der Waals surface area contributed by atoms with E-state index in [1.165, 1.54) is 10.5 Å². The number of rotatable bonds is 6. The number of ether oxygens (including phenoxy) is 1. The third-order valence-corrected chi connectivity index (χ3v) is 6.53. The lowest BCUT2D eigenvalue weighted by Crippen LogP contribution is -2.38. The monoisotopic (exact) mass is 424 g/mol. The Labute approximate surface area is 182 Å². The van der Waals surface area contributed by atoms with Crippen LogP contribution in [0.1, 0.15) is 44.1 Å². The molecule has 0 bridgehead atoms. The average molecular weight is 424 g/mol. The van der Waals surface area contributed by atoms with E-state index in [4.69, 9.17) is 4.74 Å². The molecular formula is C24H28N2O5. The molecule has 0 N–H and O–H groups in total. The van der Waals surface area contributed by atoms with Crippen LogP contribution >= 0.6 is 0 Å². The Balaban J connectivity index is 1.21. The molecule has 1 saturated carbocycles. The van der Waals surface area contributed by atoms with Gasteiger partial charge >= 0.3 is 5.97 Å². The molecule has 7 nitrogen and oxygen atoms in total. The fourth-order valence-corrected chi connectivity index (χ4v) is 4.77. The Bertz CT molecular complexity index is 870. The highest BCUT2D eigenvalue weighted by Crippen LogP contribution is 2.38. The van der Waals surface area contributed by atoms with Crippen molar-refractivity contribution in [2.24, 2.45) is 11.8 Å². The lowest BCUT2D eigenvalue weighted by Gasteiger charge is -2.26. The number of carbonyl (C=O) groups is 4.